The third-order valence-corrected chi connectivity index (χ3v) is 5.01. The van der Waals surface area contributed by atoms with Crippen LogP contribution in [0.25, 0.3) is 5.69 Å². The van der Waals surface area contributed by atoms with Gasteiger partial charge in [0, 0.05) is 67.6 Å². The van der Waals surface area contributed by atoms with Crippen LogP contribution in [0.3, 0.4) is 0 Å². The van der Waals surface area contributed by atoms with E-state index < -0.39 is 4.92 Å². The fourth-order valence-electron chi connectivity index (χ4n) is 3.42. The van der Waals surface area contributed by atoms with Crippen LogP contribution in [0.2, 0.25) is 0 Å². The number of amides is 1. The highest BCUT2D eigenvalue weighted by Gasteiger charge is 2.22. The van der Waals surface area contributed by atoms with Crippen LogP contribution in [0.5, 0.6) is 0 Å². The third kappa shape index (κ3) is 3.59. The number of nitro benzene ring substituents is 1. The highest BCUT2D eigenvalue weighted by Crippen LogP contribution is 2.21. The maximum absolute atomic E-state index is 12.8. The molecule has 0 N–H and O–H groups in total. The van der Waals surface area contributed by atoms with E-state index in [0.717, 1.165) is 11.4 Å². The average Bonchev–Trinajstić information content (AvgIpc) is 3.28. The number of hydrogen-bond donors (Lipinski definition) is 0. The summed E-state index contributed by atoms with van der Waals surface area (Å²) >= 11 is 0. The Balaban J connectivity index is 1.38. The number of benzene rings is 2. The lowest BCUT2D eigenvalue weighted by Crippen LogP contribution is -2.48. The van der Waals surface area contributed by atoms with Crippen LogP contribution >= 0.6 is 0 Å². The molecule has 28 heavy (non-hydrogen) atoms. The Morgan fingerprint density at radius 2 is 1.39 bits per heavy atom. The lowest BCUT2D eigenvalue weighted by atomic mass is 10.1. The maximum Gasteiger partial charge on any atom is 0.269 e. The molecule has 2 aromatic carbocycles. The Morgan fingerprint density at radius 3 is 1.96 bits per heavy atom. The molecule has 1 aromatic heterocycles. The molecular weight excluding hydrogens is 356 g/mol. The molecule has 142 valence electrons. The molecule has 0 bridgehead atoms. The molecule has 1 saturated heterocycles. The zero-order valence-corrected chi connectivity index (χ0v) is 15.3. The van der Waals surface area contributed by atoms with Gasteiger partial charge in [-0.1, -0.05) is 0 Å². The van der Waals surface area contributed by atoms with Crippen molar-refractivity contribution in [2.45, 2.75) is 0 Å². The summed E-state index contributed by atoms with van der Waals surface area (Å²) in [4.78, 5) is 27.2. The molecule has 0 radical (unpaired) electrons. The van der Waals surface area contributed by atoms with E-state index in [0.29, 0.717) is 31.7 Å². The van der Waals surface area contributed by atoms with Gasteiger partial charge in [0.15, 0.2) is 0 Å². The van der Waals surface area contributed by atoms with Crippen molar-refractivity contribution < 1.29 is 9.72 Å². The quantitative estimate of drug-likeness (QED) is 0.517. The van der Waals surface area contributed by atoms with Crippen LogP contribution < -0.4 is 4.90 Å². The number of aromatic nitrogens is 1. The fourth-order valence-corrected chi connectivity index (χ4v) is 3.42. The van der Waals surface area contributed by atoms with Crippen LogP contribution in [-0.4, -0.2) is 46.5 Å². The molecule has 1 aliphatic rings. The van der Waals surface area contributed by atoms with Crippen LogP contribution in [0.1, 0.15) is 10.4 Å². The van der Waals surface area contributed by atoms with Crippen molar-refractivity contribution in [1.29, 1.82) is 0 Å². The molecule has 7 heteroatoms. The SMILES string of the molecule is O=C(c1ccc(-n2cccc2)cc1)N1CCN(c2ccc([N+](=O)[O-])cc2)CC1. The van der Waals surface area contributed by atoms with Crippen LogP contribution in [0, 0.1) is 10.1 Å². The van der Waals surface area contributed by atoms with Gasteiger partial charge in [-0.3, -0.25) is 14.9 Å². The van der Waals surface area contributed by atoms with Crippen molar-refractivity contribution in [2.75, 3.05) is 31.1 Å². The van der Waals surface area contributed by atoms with Crippen molar-refractivity contribution in [1.82, 2.24) is 9.47 Å². The Hall–Kier alpha value is -3.61. The zero-order chi connectivity index (χ0) is 19.5. The molecule has 3 aromatic rings. The largest absolute Gasteiger partial charge is 0.368 e. The van der Waals surface area contributed by atoms with Gasteiger partial charge < -0.3 is 14.4 Å². The second-order valence-electron chi connectivity index (χ2n) is 6.69. The van der Waals surface area contributed by atoms with Gasteiger partial charge in [-0.25, -0.2) is 0 Å². The number of piperazine rings is 1. The summed E-state index contributed by atoms with van der Waals surface area (Å²) in [5.41, 5.74) is 2.72. The van der Waals surface area contributed by atoms with Gasteiger partial charge in [0.1, 0.15) is 0 Å². The first-order valence-electron chi connectivity index (χ1n) is 9.14. The smallest absolute Gasteiger partial charge is 0.269 e. The second kappa shape index (κ2) is 7.56. The van der Waals surface area contributed by atoms with Gasteiger partial charge in [-0.15, -0.1) is 0 Å². The summed E-state index contributed by atoms with van der Waals surface area (Å²) in [6.07, 6.45) is 3.93. The molecule has 1 aliphatic heterocycles. The summed E-state index contributed by atoms with van der Waals surface area (Å²) in [5.74, 6) is 0.0300. The standard InChI is InChI=1S/C21H20N4O3/c26-21(17-3-5-18(6-4-17)22-11-1-2-12-22)24-15-13-23(14-16-24)19-7-9-20(10-8-19)25(27)28/h1-12H,13-16H2. The van der Waals surface area contributed by atoms with Gasteiger partial charge in [0.2, 0.25) is 0 Å². The number of anilines is 1. The molecule has 0 saturated carbocycles. The number of rotatable bonds is 4. The van der Waals surface area contributed by atoms with E-state index in [1.807, 2.05) is 58.3 Å². The molecule has 7 nitrogen and oxygen atoms in total. The number of carbonyl (C=O) groups is 1. The Bertz CT molecular complexity index is 958. The number of non-ortho nitro benzene ring substituents is 1. The molecular formula is C21H20N4O3. The Morgan fingerprint density at radius 1 is 0.821 bits per heavy atom. The number of nitro groups is 1. The number of nitrogens with zero attached hydrogens (tertiary/aromatic N) is 4. The summed E-state index contributed by atoms with van der Waals surface area (Å²) in [6, 6.07) is 18.1. The third-order valence-electron chi connectivity index (χ3n) is 5.01. The van der Waals surface area contributed by atoms with E-state index in [4.69, 9.17) is 0 Å². The van der Waals surface area contributed by atoms with Gasteiger partial charge in [0.05, 0.1) is 4.92 Å². The van der Waals surface area contributed by atoms with E-state index in [-0.39, 0.29) is 11.6 Å². The summed E-state index contributed by atoms with van der Waals surface area (Å²) in [6.45, 7) is 2.64. The molecule has 4 rings (SSSR count). The Labute approximate surface area is 162 Å². The van der Waals surface area contributed by atoms with Gasteiger partial charge >= 0.3 is 0 Å². The van der Waals surface area contributed by atoms with Crippen LogP contribution in [0.15, 0.2) is 73.1 Å². The second-order valence-corrected chi connectivity index (χ2v) is 6.69. The molecule has 1 amide bonds. The van der Waals surface area contributed by atoms with Crippen molar-refractivity contribution >= 4 is 17.3 Å². The first-order valence-corrected chi connectivity index (χ1v) is 9.14. The predicted molar refractivity (Wildman–Crippen MR) is 107 cm³/mol. The minimum Gasteiger partial charge on any atom is -0.368 e. The maximum atomic E-state index is 12.8. The van der Waals surface area contributed by atoms with E-state index in [9.17, 15) is 14.9 Å². The summed E-state index contributed by atoms with van der Waals surface area (Å²) < 4.78 is 2.00. The van der Waals surface area contributed by atoms with E-state index in [2.05, 4.69) is 4.90 Å². The highest BCUT2D eigenvalue weighted by molar-refractivity contribution is 5.94. The molecule has 1 fully saturated rings. The van der Waals surface area contributed by atoms with E-state index >= 15 is 0 Å². The first-order chi connectivity index (χ1) is 13.6. The molecule has 2 heterocycles. The Kier molecular flexibility index (Phi) is 4.80. The van der Waals surface area contributed by atoms with Gasteiger partial charge in [0.25, 0.3) is 11.6 Å². The normalized spacial score (nSPS) is 14.1. The lowest BCUT2D eigenvalue weighted by Gasteiger charge is -2.36. The van der Waals surface area contributed by atoms with Crippen molar-refractivity contribution in [3.63, 3.8) is 0 Å². The zero-order valence-electron chi connectivity index (χ0n) is 15.3. The predicted octanol–water partition coefficient (Wildman–Crippen LogP) is 3.35. The minimum atomic E-state index is -0.401. The topological polar surface area (TPSA) is 71.6 Å². The van der Waals surface area contributed by atoms with Crippen LogP contribution in [-0.2, 0) is 0 Å². The molecule has 0 spiro atoms. The van der Waals surface area contributed by atoms with Crippen molar-refractivity contribution in [3.05, 3.63) is 88.7 Å². The number of hydrogen-bond acceptors (Lipinski definition) is 4. The summed E-state index contributed by atoms with van der Waals surface area (Å²) in [5, 5.41) is 10.8. The van der Waals surface area contributed by atoms with Crippen molar-refractivity contribution in [2.24, 2.45) is 0 Å². The van der Waals surface area contributed by atoms with Crippen molar-refractivity contribution in [3.8, 4) is 5.69 Å². The number of carbonyl (C=O) groups excluding carboxylic acids is 1. The lowest BCUT2D eigenvalue weighted by molar-refractivity contribution is -0.384. The molecule has 0 aliphatic carbocycles. The highest BCUT2D eigenvalue weighted by atomic mass is 16.6. The van der Waals surface area contributed by atoms with Crippen LogP contribution in [0.4, 0.5) is 11.4 Å². The average molecular weight is 376 g/mol. The van der Waals surface area contributed by atoms with Gasteiger partial charge in [-0.05, 0) is 48.5 Å². The fraction of sp³-hybridized carbons (Fsp3) is 0.190. The molecule has 0 atom stereocenters. The van der Waals surface area contributed by atoms with E-state index in [1.165, 1.54) is 12.1 Å². The minimum absolute atomic E-state index is 0.0300. The summed E-state index contributed by atoms with van der Waals surface area (Å²) in [7, 11) is 0. The molecule has 0 unspecified atom stereocenters. The van der Waals surface area contributed by atoms with Gasteiger partial charge in [-0.2, -0.15) is 0 Å². The van der Waals surface area contributed by atoms with E-state index in [1.54, 1.807) is 12.1 Å². The monoisotopic (exact) mass is 376 g/mol. The first kappa shape index (κ1) is 17.8.